The summed E-state index contributed by atoms with van der Waals surface area (Å²) in [7, 11) is 0. The Hall–Kier alpha value is -0.100. The summed E-state index contributed by atoms with van der Waals surface area (Å²) in [5.74, 6) is 1.52. The molecule has 2 aliphatic rings. The monoisotopic (exact) mass is 342 g/mol. The first-order valence-corrected chi connectivity index (χ1v) is 8.63. The Morgan fingerprint density at radius 1 is 1.42 bits per heavy atom. The van der Waals surface area contributed by atoms with E-state index in [0.29, 0.717) is 12.0 Å². The molecule has 0 radical (unpaired) electrons. The molecule has 19 heavy (non-hydrogen) atoms. The highest BCUT2D eigenvalue weighted by Crippen LogP contribution is 2.44. The number of nitrogens with zero attached hydrogens (tertiary/aromatic N) is 1. The fourth-order valence-electron chi connectivity index (χ4n) is 2.44. The van der Waals surface area contributed by atoms with Gasteiger partial charge in [0.25, 0.3) is 0 Å². The first-order valence-electron chi connectivity index (χ1n) is 6.85. The van der Waals surface area contributed by atoms with E-state index in [-0.39, 0.29) is 12.1 Å². The van der Waals surface area contributed by atoms with Crippen molar-refractivity contribution in [2.45, 2.75) is 42.3 Å². The topological polar surface area (TPSA) is 45.2 Å². The summed E-state index contributed by atoms with van der Waals surface area (Å²) in [6, 6.07) is 4.57. The lowest BCUT2D eigenvalue weighted by atomic mass is 9.96. The predicted molar refractivity (Wildman–Crippen MR) is 81.4 cm³/mol. The van der Waals surface area contributed by atoms with Crippen molar-refractivity contribution in [3.8, 4) is 0 Å². The van der Waals surface area contributed by atoms with Crippen LogP contribution in [0.25, 0.3) is 0 Å². The summed E-state index contributed by atoms with van der Waals surface area (Å²) in [5.41, 5.74) is -0.108. The van der Waals surface area contributed by atoms with Crippen molar-refractivity contribution >= 4 is 27.7 Å². The summed E-state index contributed by atoms with van der Waals surface area (Å²) in [4.78, 5) is 4.40. The fourth-order valence-corrected chi connectivity index (χ4v) is 4.19. The van der Waals surface area contributed by atoms with Gasteiger partial charge in [-0.15, -0.1) is 11.8 Å². The van der Waals surface area contributed by atoms with Gasteiger partial charge in [0.05, 0.1) is 12.1 Å². The SMILES string of the molecule is OCC(CSc1ncccc1Br)(NC1CC1)C1CC1. The van der Waals surface area contributed by atoms with Crippen molar-refractivity contribution in [2.24, 2.45) is 5.92 Å². The Morgan fingerprint density at radius 2 is 2.21 bits per heavy atom. The standard InChI is InChI=1S/C14H19BrN2OS/c15-12-2-1-7-16-13(12)19-9-14(8-18,10-3-4-10)17-11-5-6-11/h1-2,7,10-11,17-18H,3-6,8-9H2. The molecule has 5 heteroatoms. The van der Waals surface area contributed by atoms with Gasteiger partial charge in [-0.3, -0.25) is 0 Å². The van der Waals surface area contributed by atoms with E-state index in [1.807, 2.05) is 18.3 Å². The highest BCUT2D eigenvalue weighted by atomic mass is 79.9. The zero-order valence-electron chi connectivity index (χ0n) is 10.8. The average Bonchev–Trinajstić information content (AvgIpc) is 3.28. The molecule has 1 aromatic heterocycles. The van der Waals surface area contributed by atoms with Crippen molar-refractivity contribution in [1.82, 2.24) is 10.3 Å². The molecule has 0 bridgehead atoms. The number of nitrogens with one attached hydrogen (secondary N) is 1. The molecule has 0 saturated heterocycles. The van der Waals surface area contributed by atoms with E-state index in [1.54, 1.807) is 11.8 Å². The minimum atomic E-state index is -0.108. The van der Waals surface area contributed by atoms with Crippen molar-refractivity contribution in [2.75, 3.05) is 12.4 Å². The van der Waals surface area contributed by atoms with Crippen LogP contribution in [-0.4, -0.2) is 34.0 Å². The molecule has 0 spiro atoms. The van der Waals surface area contributed by atoms with Crippen LogP contribution in [0.5, 0.6) is 0 Å². The van der Waals surface area contributed by atoms with Crippen LogP contribution in [0.2, 0.25) is 0 Å². The highest BCUT2D eigenvalue weighted by Gasteiger charge is 2.47. The van der Waals surface area contributed by atoms with Gasteiger partial charge in [-0.25, -0.2) is 4.98 Å². The van der Waals surface area contributed by atoms with Crippen molar-refractivity contribution in [3.05, 3.63) is 22.8 Å². The lowest BCUT2D eigenvalue weighted by Crippen LogP contribution is -2.53. The number of hydrogen-bond donors (Lipinski definition) is 2. The number of pyridine rings is 1. The molecule has 1 heterocycles. The molecule has 2 fully saturated rings. The van der Waals surface area contributed by atoms with Crippen LogP contribution in [0.15, 0.2) is 27.8 Å². The Bertz CT molecular complexity index is 451. The van der Waals surface area contributed by atoms with Crippen LogP contribution in [0.1, 0.15) is 25.7 Å². The first kappa shape index (κ1) is 13.9. The van der Waals surface area contributed by atoms with Crippen LogP contribution in [-0.2, 0) is 0 Å². The van der Waals surface area contributed by atoms with Crippen molar-refractivity contribution < 1.29 is 5.11 Å². The highest BCUT2D eigenvalue weighted by molar-refractivity contribution is 9.10. The van der Waals surface area contributed by atoms with Crippen LogP contribution in [0.4, 0.5) is 0 Å². The third-order valence-corrected chi connectivity index (χ3v) is 6.06. The molecule has 1 unspecified atom stereocenters. The van der Waals surface area contributed by atoms with Gasteiger partial charge in [-0.2, -0.15) is 0 Å². The molecule has 2 aliphatic carbocycles. The second-order valence-electron chi connectivity index (χ2n) is 5.59. The molecule has 2 N–H and O–H groups in total. The van der Waals surface area contributed by atoms with Gasteiger partial charge < -0.3 is 10.4 Å². The summed E-state index contributed by atoms with van der Waals surface area (Å²) in [6.45, 7) is 0.228. The molecule has 2 saturated carbocycles. The zero-order chi connectivity index (χ0) is 13.3. The number of aliphatic hydroxyl groups is 1. The lowest BCUT2D eigenvalue weighted by molar-refractivity contribution is 0.157. The molecule has 3 nitrogen and oxygen atoms in total. The normalized spacial score (nSPS) is 22.2. The van der Waals surface area contributed by atoms with Crippen molar-refractivity contribution in [1.29, 1.82) is 0 Å². The Kier molecular flexibility index (Phi) is 4.17. The van der Waals surface area contributed by atoms with Gasteiger partial charge >= 0.3 is 0 Å². The maximum absolute atomic E-state index is 9.90. The maximum atomic E-state index is 9.90. The van der Waals surface area contributed by atoms with E-state index in [1.165, 1.54) is 25.7 Å². The Morgan fingerprint density at radius 3 is 2.79 bits per heavy atom. The minimum absolute atomic E-state index is 0.108. The third kappa shape index (κ3) is 3.32. The van der Waals surface area contributed by atoms with Gasteiger partial charge in [-0.1, -0.05) is 0 Å². The molecular formula is C14H19BrN2OS. The van der Waals surface area contributed by atoms with Gasteiger partial charge in [0.1, 0.15) is 5.03 Å². The zero-order valence-corrected chi connectivity index (χ0v) is 13.2. The number of rotatable bonds is 7. The molecule has 104 valence electrons. The second kappa shape index (κ2) is 5.72. The summed E-state index contributed by atoms with van der Waals surface area (Å²) < 4.78 is 1.04. The lowest BCUT2D eigenvalue weighted by Gasteiger charge is -2.33. The Labute approximate surface area is 126 Å². The number of aromatic nitrogens is 1. The summed E-state index contributed by atoms with van der Waals surface area (Å²) in [6.07, 6.45) is 6.81. The van der Waals surface area contributed by atoms with Gasteiger partial charge in [0.2, 0.25) is 0 Å². The number of halogens is 1. The number of aliphatic hydroxyl groups excluding tert-OH is 1. The molecule has 0 amide bonds. The molecule has 1 aromatic rings. The molecule has 0 aromatic carbocycles. The molecule has 0 aliphatic heterocycles. The smallest absolute Gasteiger partial charge is 0.110 e. The van der Waals surface area contributed by atoms with Crippen LogP contribution in [0, 0.1) is 5.92 Å². The molecule has 3 rings (SSSR count). The summed E-state index contributed by atoms with van der Waals surface area (Å²) >= 11 is 5.27. The number of hydrogen-bond acceptors (Lipinski definition) is 4. The van der Waals surface area contributed by atoms with Crippen molar-refractivity contribution in [3.63, 3.8) is 0 Å². The predicted octanol–water partition coefficient (Wildman–Crippen LogP) is 2.83. The van der Waals surface area contributed by atoms with E-state index in [0.717, 1.165) is 15.3 Å². The molecule has 1 atom stereocenters. The third-order valence-electron chi connectivity index (χ3n) is 3.90. The second-order valence-corrected chi connectivity index (χ2v) is 7.40. The van der Waals surface area contributed by atoms with Gasteiger partial charge in [-0.05, 0) is 59.7 Å². The molecular weight excluding hydrogens is 324 g/mol. The largest absolute Gasteiger partial charge is 0.394 e. The Balaban J connectivity index is 1.68. The fraction of sp³-hybridized carbons (Fsp3) is 0.643. The summed E-state index contributed by atoms with van der Waals surface area (Å²) in [5, 5.41) is 14.6. The maximum Gasteiger partial charge on any atom is 0.110 e. The van der Waals surface area contributed by atoms with Gasteiger partial charge in [0, 0.05) is 22.5 Å². The number of thioether (sulfide) groups is 1. The van der Waals surface area contributed by atoms with Gasteiger partial charge in [0.15, 0.2) is 0 Å². The van der Waals surface area contributed by atoms with Crippen LogP contribution in [0.3, 0.4) is 0 Å². The van der Waals surface area contributed by atoms with E-state index in [4.69, 9.17) is 0 Å². The van der Waals surface area contributed by atoms with Crippen LogP contribution >= 0.6 is 27.7 Å². The first-order chi connectivity index (χ1) is 9.23. The van der Waals surface area contributed by atoms with Crippen LogP contribution < -0.4 is 5.32 Å². The average molecular weight is 343 g/mol. The van der Waals surface area contributed by atoms with E-state index < -0.39 is 0 Å². The minimum Gasteiger partial charge on any atom is -0.394 e. The van der Waals surface area contributed by atoms with E-state index in [2.05, 4.69) is 26.2 Å². The van der Waals surface area contributed by atoms with E-state index in [9.17, 15) is 5.11 Å². The quantitative estimate of drug-likeness (QED) is 0.748. The van der Waals surface area contributed by atoms with E-state index >= 15 is 0 Å².